The van der Waals surface area contributed by atoms with Crippen LogP contribution in [0.15, 0.2) is 24.3 Å². The maximum Gasteiger partial charge on any atom is 0.269 e. The van der Waals surface area contributed by atoms with Crippen LogP contribution in [-0.4, -0.2) is 36.6 Å². The third-order valence-electron chi connectivity index (χ3n) is 3.21. The number of carbonyl (C=O) groups excluding carboxylic acids is 1. The molecule has 1 aliphatic heterocycles. The van der Waals surface area contributed by atoms with E-state index in [0.29, 0.717) is 12.2 Å². The van der Waals surface area contributed by atoms with Crippen LogP contribution in [0.4, 0.5) is 5.69 Å². The lowest BCUT2D eigenvalue weighted by Crippen LogP contribution is -2.25. The van der Waals surface area contributed by atoms with E-state index in [1.807, 2.05) is 0 Å². The predicted molar refractivity (Wildman–Crippen MR) is 71.8 cm³/mol. The maximum absolute atomic E-state index is 11.8. The topological polar surface area (TPSA) is 78.7 Å². The lowest BCUT2D eigenvalue weighted by molar-refractivity contribution is -0.384. The summed E-state index contributed by atoms with van der Waals surface area (Å²) < 4.78 is 10.9. The molecule has 1 atom stereocenters. The molecule has 0 saturated carbocycles. The Hall–Kier alpha value is -1.79. The molecule has 6 nitrogen and oxygen atoms in total. The molecule has 1 unspecified atom stereocenters. The fourth-order valence-electron chi connectivity index (χ4n) is 2.07. The second-order valence-electron chi connectivity index (χ2n) is 4.73. The average Bonchev–Trinajstić information content (AvgIpc) is 2.48. The van der Waals surface area contributed by atoms with Crippen LogP contribution in [-0.2, 0) is 9.47 Å². The first-order chi connectivity index (χ1) is 9.66. The van der Waals surface area contributed by atoms with Crippen molar-refractivity contribution in [2.45, 2.75) is 25.4 Å². The Morgan fingerprint density at radius 1 is 1.35 bits per heavy atom. The van der Waals surface area contributed by atoms with Crippen molar-refractivity contribution in [1.82, 2.24) is 0 Å². The Balaban J connectivity index is 1.77. The Labute approximate surface area is 116 Å². The molecule has 108 valence electrons. The van der Waals surface area contributed by atoms with Gasteiger partial charge in [-0.25, -0.2) is 0 Å². The second kappa shape index (κ2) is 7.12. The smallest absolute Gasteiger partial charge is 0.269 e. The third-order valence-corrected chi connectivity index (χ3v) is 3.21. The van der Waals surface area contributed by atoms with E-state index in [2.05, 4.69) is 0 Å². The van der Waals surface area contributed by atoms with Gasteiger partial charge >= 0.3 is 0 Å². The van der Waals surface area contributed by atoms with Crippen LogP contribution in [0.3, 0.4) is 0 Å². The summed E-state index contributed by atoms with van der Waals surface area (Å²) in [5, 5.41) is 10.5. The lowest BCUT2D eigenvalue weighted by Gasteiger charge is -2.22. The molecular formula is C14H17NO5. The summed E-state index contributed by atoms with van der Waals surface area (Å²) >= 11 is 0. The Kier molecular flexibility index (Phi) is 5.20. The van der Waals surface area contributed by atoms with Crippen LogP contribution in [0, 0.1) is 10.1 Å². The second-order valence-corrected chi connectivity index (χ2v) is 4.73. The molecule has 1 aromatic carbocycles. The molecule has 0 amide bonds. The molecule has 20 heavy (non-hydrogen) atoms. The van der Waals surface area contributed by atoms with E-state index >= 15 is 0 Å². The minimum atomic E-state index is -0.495. The summed E-state index contributed by atoms with van der Waals surface area (Å²) in [6.45, 7) is 1.14. The van der Waals surface area contributed by atoms with Crippen molar-refractivity contribution in [3.8, 4) is 0 Å². The maximum atomic E-state index is 11.8. The van der Waals surface area contributed by atoms with Gasteiger partial charge < -0.3 is 9.47 Å². The van der Waals surface area contributed by atoms with E-state index in [0.717, 1.165) is 25.9 Å². The van der Waals surface area contributed by atoms with Crippen LogP contribution in [0.5, 0.6) is 0 Å². The fourth-order valence-corrected chi connectivity index (χ4v) is 2.07. The zero-order chi connectivity index (χ0) is 14.4. The van der Waals surface area contributed by atoms with Crippen LogP contribution in [0.2, 0.25) is 0 Å². The number of ether oxygens (including phenoxy) is 2. The van der Waals surface area contributed by atoms with Crippen LogP contribution in [0.25, 0.3) is 0 Å². The van der Waals surface area contributed by atoms with Crippen LogP contribution < -0.4 is 0 Å². The quantitative estimate of drug-likeness (QED) is 0.454. The van der Waals surface area contributed by atoms with Gasteiger partial charge in [0.05, 0.1) is 17.6 Å². The van der Waals surface area contributed by atoms with Crippen molar-refractivity contribution in [2.75, 3.05) is 19.8 Å². The summed E-state index contributed by atoms with van der Waals surface area (Å²) in [5.41, 5.74) is 0.387. The van der Waals surface area contributed by atoms with E-state index in [-0.39, 0.29) is 24.2 Å². The monoisotopic (exact) mass is 279 g/mol. The summed E-state index contributed by atoms with van der Waals surface area (Å²) in [6.07, 6.45) is 3.25. The largest absolute Gasteiger partial charge is 0.376 e. The number of nitro benzene ring substituents is 1. The fraction of sp³-hybridized carbons (Fsp3) is 0.500. The molecule has 1 fully saturated rings. The number of Topliss-reactive ketones (excluding diaryl/α,β-unsaturated/α-hetero) is 1. The molecule has 1 aromatic rings. The first kappa shape index (κ1) is 14.6. The summed E-state index contributed by atoms with van der Waals surface area (Å²) in [6, 6.07) is 5.52. The molecule has 1 heterocycles. The highest BCUT2D eigenvalue weighted by molar-refractivity contribution is 5.97. The molecule has 1 aliphatic rings. The van der Waals surface area contributed by atoms with Gasteiger partial charge in [0.2, 0.25) is 0 Å². The number of hydrogen-bond acceptors (Lipinski definition) is 5. The Morgan fingerprint density at radius 3 is 2.70 bits per heavy atom. The number of ketones is 1. The van der Waals surface area contributed by atoms with Gasteiger partial charge in [0.15, 0.2) is 5.78 Å². The zero-order valence-electron chi connectivity index (χ0n) is 11.1. The zero-order valence-corrected chi connectivity index (χ0v) is 11.1. The van der Waals surface area contributed by atoms with Crippen LogP contribution >= 0.6 is 0 Å². The number of non-ortho nitro benzene ring substituents is 1. The van der Waals surface area contributed by atoms with E-state index in [9.17, 15) is 14.9 Å². The minimum Gasteiger partial charge on any atom is -0.376 e. The number of nitro groups is 1. The molecule has 0 aliphatic carbocycles. The molecule has 0 bridgehead atoms. The van der Waals surface area contributed by atoms with E-state index in [1.165, 1.54) is 24.3 Å². The summed E-state index contributed by atoms with van der Waals surface area (Å²) in [7, 11) is 0. The first-order valence-corrected chi connectivity index (χ1v) is 6.64. The van der Waals surface area contributed by atoms with Gasteiger partial charge in [-0.1, -0.05) is 0 Å². The summed E-state index contributed by atoms with van der Waals surface area (Å²) in [5.74, 6) is -0.185. The van der Waals surface area contributed by atoms with Crippen molar-refractivity contribution in [3.05, 3.63) is 39.9 Å². The van der Waals surface area contributed by atoms with E-state index in [4.69, 9.17) is 9.47 Å². The molecule has 0 aromatic heterocycles. The van der Waals surface area contributed by atoms with E-state index in [1.54, 1.807) is 0 Å². The molecular weight excluding hydrogens is 262 g/mol. The highest BCUT2D eigenvalue weighted by Crippen LogP contribution is 2.14. The van der Waals surface area contributed by atoms with Crippen molar-refractivity contribution in [2.24, 2.45) is 0 Å². The number of carbonyl (C=O) groups is 1. The van der Waals surface area contributed by atoms with Crippen molar-refractivity contribution in [3.63, 3.8) is 0 Å². The molecule has 0 radical (unpaired) electrons. The standard InChI is InChI=1S/C14H17NO5/c16-14(10-19-9-13-3-1-2-8-20-13)11-4-6-12(7-5-11)15(17)18/h4-7,13H,1-3,8-10H2. The highest BCUT2D eigenvalue weighted by Gasteiger charge is 2.15. The van der Waals surface area contributed by atoms with Gasteiger partial charge in [-0.3, -0.25) is 14.9 Å². The average molecular weight is 279 g/mol. The van der Waals surface area contributed by atoms with Crippen molar-refractivity contribution < 1.29 is 19.2 Å². The van der Waals surface area contributed by atoms with E-state index < -0.39 is 4.92 Å². The SMILES string of the molecule is O=C(COCC1CCCCO1)c1ccc([N+](=O)[O-])cc1. The van der Waals surface area contributed by atoms with Gasteiger partial charge in [0.25, 0.3) is 5.69 Å². The molecule has 1 saturated heterocycles. The van der Waals surface area contributed by atoms with Gasteiger partial charge in [-0.15, -0.1) is 0 Å². The molecule has 0 spiro atoms. The molecule has 0 N–H and O–H groups in total. The first-order valence-electron chi connectivity index (χ1n) is 6.64. The van der Waals surface area contributed by atoms with Crippen molar-refractivity contribution in [1.29, 1.82) is 0 Å². The van der Waals surface area contributed by atoms with Crippen molar-refractivity contribution >= 4 is 11.5 Å². The highest BCUT2D eigenvalue weighted by atomic mass is 16.6. The third kappa shape index (κ3) is 4.11. The Morgan fingerprint density at radius 2 is 2.10 bits per heavy atom. The number of hydrogen-bond donors (Lipinski definition) is 0. The normalized spacial score (nSPS) is 18.7. The van der Waals surface area contributed by atoms with Gasteiger partial charge in [0.1, 0.15) is 6.61 Å². The summed E-state index contributed by atoms with van der Waals surface area (Å²) in [4.78, 5) is 21.8. The lowest BCUT2D eigenvalue weighted by atomic mass is 10.1. The predicted octanol–water partition coefficient (Wildman–Crippen LogP) is 2.36. The number of rotatable bonds is 6. The number of nitrogens with zero attached hydrogens (tertiary/aromatic N) is 1. The van der Waals surface area contributed by atoms with Crippen LogP contribution in [0.1, 0.15) is 29.6 Å². The van der Waals surface area contributed by atoms with Gasteiger partial charge in [-0.2, -0.15) is 0 Å². The molecule has 2 rings (SSSR count). The van der Waals surface area contributed by atoms with Gasteiger partial charge in [0, 0.05) is 24.3 Å². The molecule has 6 heteroatoms. The Bertz CT molecular complexity index is 465. The minimum absolute atomic E-state index is 0.0296. The van der Waals surface area contributed by atoms with Gasteiger partial charge in [-0.05, 0) is 31.4 Å². The number of benzene rings is 1.